The molecule has 1 unspecified atom stereocenters. The summed E-state index contributed by atoms with van der Waals surface area (Å²) in [6.45, 7) is 4.49. The molecule has 0 amide bonds. The van der Waals surface area contributed by atoms with E-state index >= 15 is 0 Å². The van der Waals surface area contributed by atoms with Crippen LogP contribution < -0.4 is 9.62 Å². The Hall–Kier alpha value is -2.04. The van der Waals surface area contributed by atoms with Gasteiger partial charge in [-0.25, -0.2) is 8.42 Å². The van der Waals surface area contributed by atoms with Gasteiger partial charge < -0.3 is 29.7 Å². The van der Waals surface area contributed by atoms with E-state index in [-0.39, 0.29) is 0 Å². The van der Waals surface area contributed by atoms with Gasteiger partial charge >= 0.3 is 0 Å². The molecule has 1 aromatic rings. The molecule has 2 aliphatic rings. The van der Waals surface area contributed by atoms with E-state index in [4.69, 9.17) is 9.47 Å². The largest absolute Gasteiger partial charge is 0.388 e. The van der Waals surface area contributed by atoms with Crippen LogP contribution in [0.2, 0.25) is 0 Å². The number of aliphatic hydroxyl groups is 3. The fourth-order valence-corrected chi connectivity index (χ4v) is 4.73. The number of hydrogen-bond acceptors (Lipinski definition) is 9. The predicted molar refractivity (Wildman–Crippen MR) is 112 cm³/mol. The zero-order chi connectivity index (χ0) is 22.6. The van der Waals surface area contributed by atoms with E-state index < -0.39 is 45.6 Å². The molecule has 1 aromatic carbocycles. The number of hydrogen-bond donors (Lipinski definition) is 4. The number of rotatable bonds is 6. The molecule has 2 aliphatic heterocycles. The van der Waals surface area contributed by atoms with Crippen LogP contribution in [0.15, 0.2) is 29.2 Å². The van der Waals surface area contributed by atoms with Gasteiger partial charge in [-0.05, 0) is 30.2 Å². The second-order valence-corrected chi connectivity index (χ2v) is 9.10. The molecule has 170 valence electrons. The molecule has 4 N–H and O–H groups in total. The minimum atomic E-state index is -4.40. The Morgan fingerprint density at radius 3 is 2.45 bits per heavy atom. The molecule has 0 aromatic heterocycles. The monoisotopic (exact) mass is 453 g/mol. The first kappa shape index (κ1) is 23.6. The van der Waals surface area contributed by atoms with Crippen molar-refractivity contribution >= 4 is 21.8 Å². The lowest BCUT2D eigenvalue weighted by atomic mass is 9.96. The maximum Gasteiger partial charge on any atom is 0.251 e. The molecule has 0 radical (unpaired) electrons. The van der Waals surface area contributed by atoms with Crippen molar-refractivity contribution < 1.29 is 33.2 Å². The summed E-state index contributed by atoms with van der Waals surface area (Å²) in [5.74, 6) is 0. The van der Waals surface area contributed by atoms with Crippen molar-refractivity contribution in [1.29, 1.82) is 5.26 Å². The first-order valence-corrected chi connectivity index (χ1v) is 11.5. The smallest absolute Gasteiger partial charge is 0.251 e. The number of allylic oxidation sites excluding steroid dienone is 1. The van der Waals surface area contributed by atoms with Crippen LogP contribution >= 0.6 is 0 Å². The van der Waals surface area contributed by atoms with Gasteiger partial charge in [0, 0.05) is 18.8 Å². The average molecular weight is 454 g/mol. The molecule has 10 nitrogen and oxygen atoms in total. The fraction of sp³-hybridized carbons (Fsp3) is 0.550. The van der Waals surface area contributed by atoms with Gasteiger partial charge in [0.25, 0.3) is 10.0 Å². The molecule has 31 heavy (non-hydrogen) atoms. The Morgan fingerprint density at radius 1 is 1.23 bits per heavy atom. The van der Waals surface area contributed by atoms with E-state index in [0.717, 1.165) is 18.8 Å². The molecule has 11 heteroatoms. The number of aliphatic hydroxyl groups excluding tert-OH is 3. The SMILES string of the molecule is CC[C@H]1OC(O)[C@H](NS(=O)(=O)/C(C#N)=C/c2ccc(N3CCOCC3)cc2)[C@@H](O)[C@@H]1O. The first-order chi connectivity index (χ1) is 14.8. The van der Waals surface area contributed by atoms with E-state index in [0.29, 0.717) is 25.2 Å². The van der Waals surface area contributed by atoms with Gasteiger partial charge in [0.1, 0.15) is 24.3 Å². The van der Waals surface area contributed by atoms with Crippen molar-refractivity contribution in [3.8, 4) is 6.07 Å². The van der Waals surface area contributed by atoms with Crippen molar-refractivity contribution in [3.05, 3.63) is 34.7 Å². The number of sulfonamides is 1. The van der Waals surface area contributed by atoms with Gasteiger partial charge in [-0.1, -0.05) is 19.1 Å². The molecule has 2 saturated heterocycles. The van der Waals surface area contributed by atoms with Gasteiger partial charge in [0.05, 0.1) is 19.3 Å². The molecule has 2 heterocycles. The summed E-state index contributed by atoms with van der Waals surface area (Å²) < 4.78 is 38.0. The molecule has 2 fully saturated rings. The van der Waals surface area contributed by atoms with Crippen LogP contribution in [0.25, 0.3) is 6.08 Å². The average Bonchev–Trinajstić information content (AvgIpc) is 2.78. The Labute approximate surface area is 181 Å². The van der Waals surface area contributed by atoms with Gasteiger partial charge in [-0.3, -0.25) is 0 Å². The normalized spacial score (nSPS) is 30.1. The number of morpholine rings is 1. The number of nitrogens with one attached hydrogen (secondary N) is 1. The van der Waals surface area contributed by atoms with E-state index in [1.807, 2.05) is 12.1 Å². The lowest BCUT2D eigenvalue weighted by Crippen LogP contribution is -2.63. The van der Waals surface area contributed by atoms with Crippen molar-refractivity contribution in [2.75, 3.05) is 31.2 Å². The van der Waals surface area contributed by atoms with Crippen molar-refractivity contribution in [1.82, 2.24) is 4.72 Å². The maximum absolute atomic E-state index is 12.7. The third-order valence-corrected chi connectivity index (χ3v) is 6.75. The highest BCUT2D eigenvalue weighted by atomic mass is 32.2. The highest BCUT2D eigenvalue weighted by Gasteiger charge is 2.45. The van der Waals surface area contributed by atoms with Crippen molar-refractivity contribution in [2.24, 2.45) is 0 Å². The summed E-state index contributed by atoms with van der Waals surface area (Å²) in [7, 11) is -4.40. The van der Waals surface area contributed by atoms with Crippen LogP contribution in [0, 0.1) is 11.3 Å². The highest BCUT2D eigenvalue weighted by molar-refractivity contribution is 7.93. The van der Waals surface area contributed by atoms with Gasteiger partial charge in [-0.15, -0.1) is 0 Å². The maximum atomic E-state index is 12.7. The molecule has 3 rings (SSSR count). The van der Waals surface area contributed by atoms with Crippen molar-refractivity contribution in [2.45, 2.75) is 44.0 Å². The summed E-state index contributed by atoms with van der Waals surface area (Å²) in [4.78, 5) is 1.54. The molecular weight excluding hydrogens is 426 g/mol. The number of ether oxygens (including phenoxy) is 2. The summed E-state index contributed by atoms with van der Waals surface area (Å²) >= 11 is 0. The Bertz CT molecular complexity index is 923. The number of anilines is 1. The number of benzene rings is 1. The molecular formula is C20H27N3O7S. The molecule has 0 bridgehead atoms. The Balaban J connectivity index is 1.76. The zero-order valence-corrected chi connectivity index (χ0v) is 17.9. The van der Waals surface area contributed by atoms with Gasteiger partial charge in [-0.2, -0.15) is 9.98 Å². The third kappa shape index (κ3) is 5.42. The van der Waals surface area contributed by atoms with Crippen molar-refractivity contribution in [3.63, 3.8) is 0 Å². The predicted octanol–water partition coefficient (Wildman–Crippen LogP) is -0.475. The standard InChI is InChI=1S/C20H27N3O7S/c1-2-16-18(24)19(25)17(20(26)30-16)22-31(27,28)15(12-21)11-13-3-5-14(6-4-13)23-7-9-29-10-8-23/h3-6,11,16-20,22,24-26H,2,7-10H2,1H3/b15-11+/t16-,17-,18-,19-,20?/m1/s1. The quantitative estimate of drug-likeness (QED) is 0.419. The third-order valence-electron chi connectivity index (χ3n) is 5.38. The summed E-state index contributed by atoms with van der Waals surface area (Å²) in [5, 5.41) is 39.8. The summed E-state index contributed by atoms with van der Waals surface area (Å²) in [6.07, 6.45) is -3.98. The van der Waals surface area contributed by atoms with Gasteiger partial charge in [0.15, 0.2) is 11.2 Å². The lowest BCUT2D eigenvalue weighted by molar-refractivity contribution is -0.244. The van der Waals surface area contributed by atoms with Crippen LogP contribution in [-0.4, -0.2) is 80.7 Å². The van der Waals surface area contributed by atoms with Crippen LogP contribution in [0.5, 0.6) is 0 Å². The molecule has 0 saturated carbocycles. The summed E-state index contributed by atoms with van der Waals surface area (Å²) in [5.41, 5.74) is 1.45. The van der Waals surface area contributed by atoms with E-state index in [1.54, 1.807) is 25.1 Å². The van der Waals surface area contributed by atoms with E-state index in [1.165, 1.54) is 6.08 Å². The number of nitriles is 1. The molecule has 5 atom stereocenters. The number of nitrogens with zero attached hydrogens (tertiary/aromatic N) is 2. The lowest BCUT2D eigenvalue weighted by Gasteiger charge is -2.40. The Kier molecular flexibility index (Phi) is 7.66. The minimum Gasteiger partial charge on any atom is -0.388 e. The molecule has 0 aliphatic carbocycles. The minimum absolute atomic E-state index is 0.318. The second kappa shape index (κ2) is 10.1. The van der Waals surface area contributed by atoms with Gasteiger partial charge in [0.2, 0.25) is 0 Å². The first-order valence-electron chi connectivity index (χ1n) is 10.0. The zero-order valence-electron chi connectivity index (χ0n) is 17.1. The van der Waals surface area contributed by atoms with Crippen LogP contribution in [0.4, 0.5) is 5.69 Å². The topological polar surface area (TPSA) is 152 Å². The second-order valence-electron chi connectivity index (χ2n) is 7.41. The van der Waals surface area contributed by atoms with Crippen LogP contribution in [0.3, 0.4) is 0 Å². The van der Waals surface area contributed by atoms with E-state index in [9.17, 15) is 29.0 Å². The highest BCUT2D eigenvalue weighted by Crippen LogP contribution is 2.24. The van der Waals surface area contributed by atoms with Crippen LogP contribution in [0.1, 0.15) is 18.9 Å². The van der Waals surface area contributed by atoms with Crippen LogP contribution in [-0.2, 0) is 19.5 Å². The molecule has 0 spiro atoms. The Morgan fingerprint density at radius 2 is 1.87 bits per heavy atom. The summed E-state index contributed by atoms with van der Waals surface area (Å²) in [6, 6.07) is 7.16. The van der Waals surface area contributed by atoms with E-state index in [2.05, 4.69) is 9.62 Å². The fourth-order valence-electron chi connectivity index (χ4n) is 3.58.